The first-order chi connectivity index (χ1) is 8.83. The first-order valence-corrected chi connectivity index (χ1v) is 5.57. The normalized spacial score (nSPS) is 10.8. The monoisotopic (exact) mass is 237 g/mol. The molecule has 18 heavy (non-hydrogen) atoms. The molecular formula is C15H11NO2. The summed E-state index contributed by atoms with van der Waals surface area (Å²) in [4.78, 5) is 4.20. The predicted octanol–water partition coefficient (Wildman–Crippen LogP) is 2.48. The quantitative estimate of drug-likeness (QED) is 0.656. The second-order valence-electron chi connectivity index (χ2n) is 3.90. The molecule has 1 aromatic heterocycles. The molecule has 3 heteroatoms. The Kier molecular flexibility index (Phi) is 2.42. The molecule has 1 heterocycles. The van der Waals surface area contributed by atoms with Crippen LogP contribution in [0, 0.1) is 11.8 Å². The van der Waals surface area contributed by atoms with Crippen molar-refractivity contribution in [2.45, 2.75) is 0 Å². The number of rotatable bonds is 3. The zero-order valence-corrected chi connectivity index (χ0v) is 10.2. The molecule has 0 unspecified atom stereocenters. The Morgan fingerprint density at radius 3 is 2.56 bits per heavy atom. The molecule has 0 spiro atoms. The number of fused-ring (bicyclic) bond motifs is 1. The highest BCUT2D eigenvalue weighted by Crippen LogP contribution is 2.36. The van der Waals surface area contributed by atoms with E-state index < -0.39 is 0 Å². The molecular weight excluding hydrogens is 226 g/mol. The highest BCUT2D eigenvalue weighted by Gasteiger charge is 2.16. The number of aromatic nitrogens is 1. The van der Waals surface area contributed by atoms with Gasteiger partial charge in [0.2, 0.25) is 0 Å². The summed E-state index contributed by atoms with van der Waals surface area (Å²) in [6.07, 6.45) is 1.77. The van der Waals surface area contributed by atoms with E-state index in [2.05, 4.69) is 16.8 Å². The van der Waals surface area contributed by atoms with Gasteiger partial charge in [0.25, 0.3) is 0 Å². The summed E-state index contributed by atoms with van der Waals surface area (Å²) >= 11 is 0. The van der Waals surface area contributed by atoms with Gasteiger partial charge in [-0.3, -0.25) is 0 Å². The average molecular weight is 237 g/mol. The molecule has 1 aromatic carbocycles. The highest BCUT2D eigenvalue weighted by atomic mass is 16.5. The van der Waals surface area contributed by atoms with Crippen LogP contribution in [0.4, 0.5) is 0 Å². The molecule has 2 aromatic rings. The summed E-state index contributed by atoms with van der Waals surface area (Å²) in [6.45, 7) is 0. The topological polar surface area (TPSA) is 31.4 Å². The molecule has 1 aliphatic carbocycles. The summed E-state index contributed by atoms with van der Waals surface area (Å²) in [7, 11) is 3.29. The number of nitrogens with zero attached hydrogens (tertiary/aromatic N) is 1. The van der Waals surface area contributed by atoms with E-state index in [1.165, 1.54) is 0 Å². The molecule has 0 amide bonds. The fourth-order valence-electron chi connectivity index (χ4n) is 1.99. The number of methoxy groups -OCH3 is 2. The largest absolute Gasteiger partial charge is 0.497 e. The van der Waals surface area contributed by atoms with Gasteiger partial charge in [0.15, 0.2) is 0 Å². The Balaban J connectivity index is 2.16. The summed E-state index contributed by atoms with van der Waals surface area (Å²) in [6, 6.07) is 7.72. The molecule has 0 saturated carbocycles. The Morgan fingerprint density at radius 2 is 1.89 bits per heavy atom. The van der Waals surface area contributed by atoms with Crippen LogP contribution in [0.1, 0.15) is 11.3 Å². The first kappa shape index (κ1) is 10.7. The Hall–Kier alpha value is -2.47. The Labute approximate surface area is 105 Å². The van der Waals surface area contributed by atoms with E-state index in [0.717, 1.165) is 33.9 Å². The van der Waals surface area contributed by atoms with E-state index >= 15 is 0 Å². The third-order valence-electron chi connectivity index (χ3n) is 2.96. The number of pyridine rings is 1. The Morgan fingerprint density at radius 1 is 1.00 bits per heavy atom. The van der Waals surface area contributed by atoms with Crippen LogP contribution in [0.3, 0.4) is 0 Å². The van der Waals surface area contributed by atoms with Crippen LogP contribution in [0.2, 0.25) is 0 Å². The highest BCUT2D eigenvalue weighted by molar-refractivity contribution is 5.81. The molecule has 0 aliphatic heterocycles. The Bertz CT molecular complexity index is 681. The molecule has 0 N–H and O–H groups in total. The van der Waals surface area contributed by atoms with Gasteiger partial charge in [0, 0.05) is 23.4 Å². The lowest BCUT2D eigenvalue weighted by Crippen LogP contribution is -2.00. The van der Waals surface area contributed by atoms with Gasteiger partial charge in [0.05, 0.1) is 19.8 Å². The van der Waals surface area contributed by atoms with Crippen LogP contribution in [0.5, 0.6) is 11.5 Å². The molecule has 0 bridgehead atoms. The van der Waals surface area contributed by atoms with E-state index in [1.54, 1.807) is 20.4 Å². The second kappa shape index (κ2) is 4.08. The van der Waals surface area contributed by atoms with Gasteiger partial charge >= 0.3 is 0 Å². The van der Waals surface area contributed by atoms with Gasteiger partial charge < -0.3 is 9.47 Å². The van der Waals surface area contributed by atoms with Crippen LogP contribution in [-0.2, 0) is 0 Å². The van der Waals surface area contributed by atoms with Gasteiger partial charge in [-0.05, 0) is 24.1 Å². The lowest BCUT2D eigenvalue weighted by atomic mass is 9.95. The SMILES string of the molecule is COc1ccc(-c2ccnc3c2C#C3)c(OC)c1. The minimum Gasteiger partial charge on any atom is -0.497 e. The smallest absolute Gasteiger partial charge is 0.130 e. The number of hydrogen-bond donors (Lipinski definition) is 0. The van der Waals surface area contributed by atoms with Crippen molar-refractivity contribution in [1.82, 2.24) is 4.98 Å². The van der Waals surface area contributed by atoms with Crippen molar-refractivity contribution in [3.8, 4) is 34.5 Å². The third kappa shape index (κ3) is 1.51. The van der Waals surface area contributed by atoms with Crippen LogP contribution >= 0.6 is 0 Å². The van der Waals surface area contributed by atoms with E-state index in [-0.39, 0.29) is 0 Å². The van der Waals surface area contributed by atoms with E-state index in [1.807, 2.05) is 24.3 Å². The maximum absolute atomic E-state index is 5.41. The van der Waals surface area contributed by atoms with Gasteiger partial charge in [-0.25, -0.2) is 4.98 Å². The molecule has 1 aliphatic rings. The molecule has 3 rings (SSSR count). The van der Waals surface area contributed by atoms with E-state index in [9.17, 15) is 0 Å². The van der Waals surface area contributed by atoms with E-state index in [0.29, 0.717) is 0 Å². The van der Waals surface area contributed by atoms with Gasteiger partial charge in [0.1, 0.15) is 17.2 Å². The van der Waals surface area contributed by atoms with Crippen LogP contribution in [0.15, 0.2) is 30.5 Å². The molecule has 0 saturated heterocycles. The third-order valence-corrected chi connectivity index (χ3v) is 2.96. The van der Waals surface area contributed by atoms with Crippen molar-refractivity contribution in [1.29, 1.82) is 0 Å². The van der Waals surface area contributed by atoms with Crippen molar-refractivity contribution >= 4 is 0 Å². The second-order valence-corrected chi connectivity index (χ2v) is 3.90. The lowest BCUT2D eigenvalue weighted by Gasteiger charge is -2.14. The van der Waals surface area contributed by atoms with Gasteiger partial charge in [-0.2, -0.15) is 0 Å². The molecule has 0 atom stereocenters. The molecule has 0 radical (unpaired) electrons. The van der Waals surface area contributed by atoms with Crippen LogP contribution in [-0.4, -0.2) is 19.2 Å². The van der Waals surface area contributed by atoms with Crippen LogP contribution < -0.4 is 9.47 Å². The van der Waals surface area contributed by atoms with Crippen molar-refractivity contribution in [3.63, 3.8) is 0 Å². The number of ether oxygens (including phenoxy) is 2. The minimum absolute atomic E-state index is 0.773. The van der Waals surface area contributed by atoms with Gasteiger partial charge in [-0.1, -0.05) is 5.92 Å². The van der Waals surface area contributed by atoms with Crippen molar-refractivity contribution in [3.05, 3.63) is 41.7 Å². The summed E-state index contributed by atoms with van der Waals surface area (Å²) < 4.78 is 10.6. The van der Waals surface area contributed by atoms with Crippen LogP contribution in [0.25, 0.3) is 11.1 Å². The maximum Gasteiger partial charge on any atom is 0.130 e. The fraction of sp³-hybridized carbons (Fsp3) is 0.133. The zero-order valence-electron chi connectivity index (χ0n) is 10.2. The zero-order chi connectivity index (χ0) is 12.5. The average Bonchev–Trinajstić information content (AvgIpc) is 2.39. The first-order valence-electron chi connectivity index (χ1n) is 5.57. The lowest BCUT2D eigenvalue weighted by molar-refractivity contribution is 0.395. The van der Waals surface area contributed by atoms with Crippen molar-refractivity contribution < 1.29 is 9.47 Å². The van der Waals surface area contributed by atoms with Crippen molar-refractivity contribution in [2.24, 2.45) is 0 Å². The summed E-state index contributed by atoms with van der Waals surface area (Å²) in [5, 5.41) is 0. The standard InChI is InChI=1S/C15H11NO2/c1-17-10-3-4-13(15(9-10)18-2)11-7-8-16-14-6-5-12(11)14/h3-4,7-9H,1-2H3. The maximum atomic E-state index is 5.41. The molecule has 88 valence electrons. The number of hydrogen-bond acceptors (Lipinski definition) is 3. The summed E-state index contributed by atoms with van der Waals surface area (Å²) in [5.74, 6) is 7.52. The number of benzene rings is 1. The van der Waals surface area contributed by atoms with Crippen molar-refractivity contribution in [2.75, 3.05) is 14.2 Å². The van der Waals surface area contributed by atoms with Gasteiger partial charge in [-0.15, -0.1) is 0 Å². The summed E-state index contributed by atoms with van der Waals surface area (Å²) in [5.41, 5.74) is 3.90. The van der Waals surface area contributed by atoms with E-state index in [4.69, 9.17) is 9.47 Å². The minimum atomic E-state index is 0.773. The molecule has 3 nitrogen and oxygen atoms in total. The predicted molar refractivity (Wildman–Crippen MR) is 68.8 cm³/mol. The fourth-order valence-corrected chi connectivity index (χ4v) is 1.99. The molecule has 0 fully saturated rings.